The molecule has 2 amide bonds. The van der Waals surface area contributed by atoms with Gasteiger partial charge in [0.25, 0.3) is 0 Å². The number of hydrogen-bond donors (Lipinski definition) is 1. The fourth-order valence-electron chi connectivity index (χ4n) is 3.85. The monoisotopic (exact) mass is 374 g/mol. The van der Waals surface area contributed by atoms with Crippen molar-refractivity contribution in [1.82, 2.24) is 9.80 Å². The maximum Gasteiger partial charge on any atom is 0.323 e. The van der Waals surface area contributed by atoms with Gasteiger partial charge in [0.2, 0.25) is 11.8 Å². The molecule has 27 heavy (non-hydrogen) atoms. The zero-order chi connectivity index (χ0) is 19.8. The Labute approximate surface area is 161 Å². The molecule has 1 aliphatic rings. The minimum absolute atomic E-state index is 0.118. The van der Waals surface area contributed by atoms with Gasteiger partial charge in [-0.15, -0.1) is 0 Å². The zero-order valence-electron chi connectivity index (χ0n) is 16.3. The summed E-state index contributed by atoms with van der Waals surface area (Å²) in [6, 6.07) is 9.99. The molecule has 0 saturated carbocycles. The summed E-state index contributed by atoms with van der Waals surface area (Å²) in [7, 11) is 0. The van der Waals surface area contributed by atoms with Gasteiger partial charge in [-0.1, -0.05) is 37.3 Å². The van der Waals surface area contributed by atoms with E-state index in [1.54, 1.807) is 0 Å². The van der Waals surface area contributed by atoms with Gasteiger partial charge in [0.05, 0.1) is 0 Å². The van der Waals surface area contributed by atoms with Gasteiger partial charge in [0, 0.05) is 32.5 Å². The molecule has 6 heteroatoms. The summed E-state index contributed by atoms with van der Waals surface area (Å²) in [5.41, 5.74) is 1.19. The van der Waals surface area contributed by atoms with E-state index >= 15 is 0 Å². The molecule has 0 aromatic heterocycles. The molecule has 0 radical (unpaired) electrons. The standard InChI is InChI=1S/C21H30N2O4/c1-3-17(18-8-5-4-6-9-18)14-20(25)22-12-7-10-19(11-13-22)23(16(2)24)15-21(26)27/h4-6,8-9,17,19H,3,7,10-15H2,1-2H3,(H,26,27). The van der Waals surface area contributed by atoms with E-state index in [2.05, 4.69) is 19.1 Å². The van der Waals surface area contributed by atoms with Crippen molar-refractivity contribution in [2.75, 3.05) is 19.6 Å². The van der Waals surface area contributed by atoms with E-state index in [1.807, 2.05) is 23.1 Å². The van der Waals surface area contributed by atoms with E-state index in [9.17, 15) is 14.4 Å². The van der Waals surface area contributed by atoms with E-state index in [0.717, 1.165) is 19.3 Å². The number of nitrogens with zero attached hydrogens (tertiary/aromatic N) is 2. The summed E-state index contributed by atoms with van der Waals surface area (Å²) in [5.74, 6) is -0.884. The van der Waals surface area contributed by atoms with Crippen LogP contribution in [0.3, 0.4) is 0 Å². The van der Waals surface area contributed by atoms with E-state index in [0.29, 0.717) is 25.9 Å². The highest BCUT2D eigenvalue weighted by molar-refractivity contribution is 5.80. The lowest BCUT2D eigenvalue weighted by Gasteiger charge is -2.29. The summed E-state index contributed by atoms with van der Waals surface area (Å²) in [6.45, 7) is 4.46. The number of amides is 2. The first kappa shape index (κ1) is 20.9. The summed E-state index contributed by atoms with van der Waals surface area (Å²) < 4.78 is 0. The smallest absolute Gasteiger partial charge is 0.323 e. The largest absolute Gasteiger partial charge is 0.480 e. The molecule has 1 N–H and O–H groups in total. The van der Waals surface area contributed by atoms with Crippen molar-refractivity contribution in [3.63, 3.8) is 0 Å². The highest BCUT2D eigenvalue weighted by Gasteiger charge is 2.28. The quantitative estimate of drug-likeness (QED) is 0.796. The van der Waals surface area contributed by atoms with Gasteiger partial charge in [-0.3, -0.25) is 14.4 Å². The second-order valence-electron chi connectivity index (χ2n) is 7.23. The minimum Gasteiger partial charge on any atom is -0.480 e. The molecule has 0 spiro atoms. The number of carboxylic acid groups (broad SMARTS) is 1. The second-order valence-corrected chi connectivity index (χ2v) is 7.23. The fraction of sp³-hybridized carbons (Fsp3) is 0.571. The number of hydrogen-bond acceptors (Lipinski definition) is 3. The van der Waals surface area contributed by atoms with Crippen molar-refractivity contribution >= 4 is 17.8 Å². The summed E-state index contributed by atoms with van der Waals surface area (Å²) >= 11 is 0. The topological polar surface area (TPSA) is 77.9 Å². The lowest BCUT2D eigenvalue weighted by molar-refractivity contribution is -0.145. The van der Waals surface area contributed by atoms with Crippen molar-refractivity contribution in [1.29, 1.82) is 0 Å². The van der Waals surface area contributed by atoms with Crippen LogP contribution in [-0.2, 0) is 14.4 Å². The second kappa shape index (κ2) is 10.1. The Morgan fingerprint density at radius 2 is 1.89 bits per heavy atom. The third-order valence-electron chi connectivity index (χ3n) is 5.39. The van der Waals surface area contributed by atoms with E-state index in [-0.39, 0.29) is 30.3 Å². The molecule has 2 atom stereocenters. The van der Waals surface area contributed by atoms with Crippen molar-refractivity contribution in [2.24, 2.45) is 0 Å². The first-order chi connectivity index (χ1) is 12.9. The highest BCUT2D eigenvalue weighted by Crippen LogP contribution is 2.25. The predicted octanol–water partition coefficient (Wildman–Crippen LogP) is 2.88. The Morgan fingerprint density at radius 1 is 1.19 bits per heavy atom. The lowest BCUT2D eigenvalue weighted by Crippen LogP contribution is -2.43. The average Bonchev–Trinajstić information content (AvgIpc) is 2.90. The first-order valence-corrected chi connectivity index (χ1v) is 9.74. The van der Waals surface area contributed by atoms with Crippen LogP contribution in [0.2, 0.25) is 0 Å². The number of rotatable bonds is 7. The van der Waals surface area contributed by atoms with Crippen LogP contribution in [0.15, 0.2) is 30.3 Å². The maximum atomic E-state index is 12.8. The third-order valence-corrected chi connectivity index (χ3v) is 5.39. The first-order valence-electron chi connectivity index (χ1n) is 9.74. The fourth-order valence-corrected chi connectivity index (χ4v) is 3.85. The van der Waals surface area contributed by atoms with Crippen molar-refractivity contribution < 1.29 is 19.5 Å². The Kier molecular flexibility index (Phi) is 7.82. The van der Waals surface area contributed by atoms with E-state index < -0.39 is 5.97 Å². The van der Waals surface area contributed by atoms with E-state index in [1.165, 1.54) is 17.4 Å². The highest BCUT2D eigenvalue weighted by atomic mass is 16.4. The Bertz CT molecular complexity index is 647. The molecule has 1 saturated heterocycles. The average molecular weight is 374 g/mol. The molecule has 1 fully saturated rings. The molecule has 0 aliphatic carbocycles. The lowest BCUT2D eigenvalue weighted by atomic mass is 9.93. The van der Waals surface area contributed by atoms with Gasteiger partial charge in [0.1, 0.15) is 6.54 Å². The molecule has 0 bridgehead atoms. The normalized spacial score (nSPS) is 18.4. The Hall–Kier alpha value is -2.37. The molecule has 1 aliphatic heterocycles. The number of carbonyl (C=O) groups is 3. The van der Waals surface area contributed by atoms with Crippen LogP contribution in [0, 0.1) is 0 Å². The maximum absolute atomic E-state index is 12.8. The predicted molar refractivity (Wildman–Crippen MR) is 103 cm³/mol. The van der Waals surface area contributed by atoms with Crippen molar-refractivity contribution in [3.05, 3.63) is 35.9 Å². The molecule has 1 aromatic carbocycles. The molecule has 2 unspecified atom stereocenters. The SMILES string of the molecule is CCC(CC(=O)N1CCCC(N(CC(=O)O)C(C)=O)CC1)c1ccccc1. The van der Waals surface area contributed by atoms with Crippen LogP contribution in [-0.4, -0.2) is 58.4 Å². The molecular formula is C21H30N2O4. The van der Waals surface area contributed by atoms with Gasteiger partial charge >= 0.3 is 5.97 Å². The van der Waals surface area contributed by atoms with Gasteiger partial charge in [-0.2, -0.15) is 0 Å². The number of carboxylic acids is 1. The van der Waals surface area contributed by atoms with Gasteiger partial charge in [0.15, 0.2) is 0 Å². The summed E-state index contributed by atoms with van der Waals surface area (Å²) in [6.07, 6.45) is 3.52. The van der Waals surface area contributed by atoms with Crippen LogP contribution >= 0.6 is 0 Å². The van der Waals surface area contributed by atoms with E-state index in [4.69, 9.17) is 5.11 Å². The Balaban J connectivity index is 1.97. The molecule has 1 aromatic rings. The van der Waals surface area contributed by atoms with Gasteiger partial charge in [-0.25, -0.2) is 0 Å². The van der Waals surface area contributed by atoms with Gasteiger partial charge in [-0.05, 0) is 37.2 Å². The zero-order valence-corrected chi connectivity index (χ0v) is 16.3. The molecule has 6 nitrogen and oxygen atoms in total. The van der Waals surface area contributed by atoms with Crippen LogP contribution in [0.1, 0.15) is 57.4 Å². The number of likely N-dealkylation sites (tertiary alicyclic amines) is 1. The molecule has 2 rings (SSSR count). The molecule has 148 valence electrons. The molecular weight excluding hydrogens is 344 g/mol. The third kappa shape index (κ3) is 6.08. The summed E-state index contributed by atoms with van der Waals surface area (Å²) in [4.78, 5) is 39.0. The van der Waals surface area contributed by atoms with Crippen LogP contribution in [0.25, 0.3) is 0 Å². The Morgan fingerprint density at radius 3 is 2.48 bits per heavy atom. The van der Waals surface area contributed by atoms with Gasteiger partial charge < -0.3 is 14.9 Å². The number of carbonyl (C=O) groups excluding carboxylic acids is 2. The van der Waals surface area contributed by atoms with Crippen LogP contribution in [0.5, 0.6) is 0 Å². The van der Waals surface area contributed by atoms with Crippen molar-refractivity contribution in [3.8, 4) is 0 Å². The van der Waals surface area contributed by atoms with Crippen LogP contribution in [0.4, 0.5) is 0 Å². The molecule has 1 heterocycles. The number of aliphatic carboxylic acids is 1. The number of benzene rings is 1. The van der Waals surface area contributed by atoms with Crippen LogP contribution < -0.4 is 0 Å². The van der Waals surface area contributed by atoms with Crippen molar-refractivity contribution in [2.45, 2.75) is 57.9 Å². The summed E-state index contributed by atoms with van der Waals surface area (Å²) in [5, 5.41) is 9.05. The minimum atomic E-state index is -1.00.